The first-order valence-electron chi connectivity index (χ1n) is 9.89. The van der Waals surface area contributed by atoms with Gasteiger partial charge in [0.25, 0.3) is 5.24 Å². The minimum Gasteiger partial charge on any atom is -0.486 e. The molecule has 3 amide bonds. The molecule has 1 fully saturated rings. The van der Waals surface area contributed by atoms with Crippen LogP contribution in [0.5, 0.6) is 11.5 Å². The van der Waals surface area contributed by atoms with E-state index in [1.807, 2.05) is 29.7 Å². The number of amides is 3. The summed E-state index contributed by atoms with van der Waals surface area (Å²) in [5.74, 6) is 1.43. The molecule has 0 radical (unpaired) electrons. The van der Waals surface area contributed by atoms with Crippen molar-refractivity contribution >= 4 is 40.6 Å². The molecule has 1 saturated heterocycles. The lowest BCUT2D eigenvalue weighted by atomic mass is 10.1. The molecule has 31 heavy (non-hydrogen) atoms. The van der Waals surface area contributed by atoms with Crippen molar-refractivity contribution < 1.29 is 23.9 Å². The highest BCUT2D eigenvalue weighted by molar-refractivity contribution is 8.14. The van der Waals surface area contributed by atoms with E-state index in [1.165, 1.54) is 16.7 Å². The molecule has 4 rings (SSSR count). The van der Waals surface area contributed by atoms with Crippen molar-refractivity contribution in [1.82, 2.24) is 19.8 Å². The van der Waals surface area contributed by atoms with Crippen LogP contribution in [0.25, 0.3) is 11.3 Å². The Morgan fingerprint density at radius 1 is 1.26 bits per heavy atom. The molecule has 1 aromatic heterocycles. The number of benzene rings is 1. The summed E-state index contributed by atoms with van der Waals surface area (Å²) in [6.45, 7) is 4.23. The number of hydrogen-bond acceptors (Lipinski definition) is 8. The van der Waals surface area contributed by atoms with E-state index in [9.17, 15) is 14.4 Å². The summed E-state index contributed by atoms with van der Waals surface area (Å²) in [4.78, 5) is 41.0. The number of nitrogens with one attached hydrogen (secondary N) is 1. The maximum absolute atomic E-state index is 12.2. The average Bonchev–Trinajstić information content (AvgIpc) is 3.35. The molecule has 1 aromatic carbocycles. The maximum atomic E-state index is 12.2. The zero-order valence-electron chi connectivity index (χ0n) is 17.0. The molecule has 164 valence electrons. The Morgan fingerprint density at radius 3 is 2.81 bits per heavy atom. The zero-order valence-corrected chi connectivity index (χ0v) is 18.6. The van der Waals surface area contributed by atoms with Crippen molar-refractivity contribution in [3.63, 3.8) is 0 Å². The third kappa shape index (κ3) is 4.82. The molecule has 11 heteroatoms. The summed E-state index contributed by atoms with van der Waals surface area (Å²) in [5.41, 5.74) is 1.90. The lowest BCUT2D eigenvalue weighted by molar-refractivity contribution is -0.125. The predicted molar refractivity (Wildman–Crippen MR) is 118 cm³/mol. The van der Waals surface area contributed by atoms with Crippen LogP contribution in [0.4, 0.5) is 4.79 Å². The van der Waals surface area contributed by atoms with Gasteiger partial charge in [0, 0.05) is 25.2 Å². The van der Waals surface area contributed by atoms with E-state index in [-0.39, 0.29) is 41.6 Å². The summed E-state index contributed by atoms with van der Waals surface area (Å²) in [5, 5.41) is 3.23. The van der Waals surface area contributed by atoms with E-state index in [2.05, 4.69) is 10.3 Å². The predicted octanol–water partition coefficient (Wildman–Crippen LogP) is 2.24. The standard InChI is InChI=1S/C20H22N4O5S2/c1-2-23-14(13-3-4-15-16(9-13)29-8-7-28-15)10-22-19(23)30-11-17(25)21-5-6-24-18(26)12-31-20(24)27/h3-4,9-10H,2,5-8,11-12H2,1H3,(H,21,25). The van der Waals surface area contributed by atoms with E-state index in [4.69, 9.17) is 9.47 Å². The maximum Gasteiger partial charge on any atom is 0.288 e. The van der Waals surface area contributed by atoms with Crippen molar-refractivity contribution in [3.8, 4) is 22.8 Å². The molecule has 2 aromatic rings. The fourth-order valence-electron chi connectivity index (χ4n) is 3.30. The monoisotopic (exact) mass is 462 g/mol. The topological polar surface area (TPSA) is 103 Å². The van der Waals surface area contributed by atoms with Crippen LogP contribution in [0, 0.1) is 0 Å². The first-order chi connectivity index (χ1) is 15.1. The number of imidazole rings is 1. The molecule has 2 aliphatic heterocycles. The van der Waals surface area contributed by atoms with Gasteiger partial charge in [-0.1, -0.05) is 23.5 Å². The van der Waals surface area contributed by atoms with E-state index >= 15 is 0 Å². The fraction of sp³-hybridized carbons (Fsp3) is 0.400. The molecule has 2 aliphatic rings. The lowest BCUT2D eigenvalue weighted by Gasteiger charge is -2.19. The van der Waals surface area contributed by atoms with Gasteiger partial charge in [-0.15, -0.1) is 0 Å². The third-order valence-electron chi connectivity index (χ3n) is 4.80. The van der Waals surface area contributed by atoms with Gasteiger partial charge in [-0.25, -0.2) is 4.98 Å². The summed E-state index contributed by atoms with van der Waals surface area (Å²) in [7, 11) is 0. The third-order valence-corrected chi connectivity index (χ3v) is 6.65. The van der Waals surface area contributed by atoms with Gasteiger partial charge >= 0.3 is 0 Å². The number of ether oxygens (including phenoxy) is 2. The normalized spacial score (nSPS) is 15.5. The highest BCUT2D eigenvalue weighted by atomic mass is 32.2. The second-order valence-electron chi connectivity index (χ2n) is 6.77. The van der Waals surface area contributed by atoms with E-state index < -0.39 is 0 Å². The molecule has 0 aliphatic carbocycles. The number of rotatable bonds is 8. The summed E-state index contributed by atoms with van der Waals surface area (Å²) < 4.78 is 13.3. The van der Waals surface area contributed by atoms with Gasteiger partial charge in [-0.3, -0.25) is 19.3 Å². The molecule has 3 heterocycles. The molecule has 9 nitrogen and oxygen atoms in total. The van der Waals surface area contributed by atoms with Gasteiger partial charge in [-0.2, -0.15) is 0 Å². The van der Waals surface area contributed by atoms with Crippen LogP contribution in [-0.2, 0) is 16.1 Å². The zero-order chi connectivity index (χ0) is 21.8. The summed E-state index contributed by atoms with van der Waals surface area (Å²) >= 11 is 2.33. The van der Waals surface area contributed by atoms with Gasteiger partial charge in [0.2, 0.25) is 11.8 Å². The Bertz CT molecular complexity index is 993. The number of fused-ring (bicyclic) bond motifs is 1. The van der Waals surface area contributed by atoms with Gasteiger partial charge in [0.1, 0.15) is 13.2 Å². The van der Waals surface area contributed by atoms with Crippen molar-refractivity contribution in [2.24, 2.45) is 0 Å². The Labute approximate surface area is 187 Å². The lowest BCUT2D eigenvalue weighted by Crippen LogP contribution is -2.38. The van der Waals surface area contributed by atoms with Crippen LogP contribution >= 0.6 is 23.5 Å². The van der Waals surface area contributed by atoms with Crippen LogP contribution in [0.1, 0.15) is 6.92 Å². The summed E-state index contributed by atoms with van der Waals surface area (Å²) in [6.07, 6.45) is 1.79. The molecule has 1 N–H and O–H groups in total. The van der Waals surface area contributed by atoms with Gasteiger partial charge < -0.3 is 19.4 Å². The van der Waals surface area contributed by atoms with Crippen LogP contribution in [-0.4, -0.2) is 69.3 Å². The summed E-state index contributed by atoms with van der Waals surface area (Å²) in [6, 6.07) is 5.81. The molecule has 0 saturated carbocycles. The van der Waals surface area contributed by atoms with E-state index in [0.717, 1.165) is 39.7 Å². The van der Waals surface area contributed by atoms with Gasteiger partial charge in [0.05, 0.1) is 23.4 Å². The number of nitrogens with zero attached hydrogens (tertiary/aromatic N) is 3. The molecular weight excluding hydrogens is 440 g/mol. The second kappa shape index (κ2) is 9.65. The van der Waals surface area contributed by atoms with Crippen LogP contribution in [0.15, 0.2) is 29.6 Å². The molecule has 0 bridgehead atoms. The Balaban J connectivity index is 1.34. The Kier molecular flexibility index (Phi) is 6.71. The van der Waals surface area contributed by atoms with Crippen molar-refractivity contribution in [2.75, 3.05) is 37.8 Å². The molecule has 0 spiro atoms. The van der Waals surface area contributed by atoms with Crippen LogP contribution in [0.2, 0.25) is 0 Å². The number of hydrogen-bond donors (Lipinski definition) is 1. The first kappa shape index (κ1) is 21.6. The first-order valence-corrected chi connectivity index (χ1v) is 11.9. The number of carbonyl (C=O) groups excluding carboxylic acids is 3. The van der Waals surface area contributed by atoms with Crippen molar-refractivity contribution in [3.05, 3.63) is 24.4 Å². The quantitative estimate of drug-likeness (QED) is 0.596. The minimum atomic E-state index is -0.259. The van der Waals surface area contributed by atoms with Gasteiger partial charge in [-0.05, 0) is 25.1 Å². The molecule has 0 atom stereocenters. The van der Waals surface area contributed by atoms with Crippen molar-refractivity contribution in [1.29, 1.82) is 0 Å². The molecular formula is C20H22N4O5S2. The number of carbonyl (C=O) groups is 3. The van der Waals surface area contributed by atoms with Crippen LogP contribution < -0.4 is 14.8 Å². The Morgan fingerprint density at radius 2 is 2.06 bits per heavy atom. The van der Waals surface area contributed by atoms with Crippen molar-refractivity contribution in [2.45, 2.75) is 18.6 Å². The molecule has 0 unspecified atom stereocenters. The second-order valence-corrected chi connectivity index (χ2v) is 8.64. The average molecular weight is 463 g/mol. The van der Waals surface area contributed by atoms with Gasteiger partial charge in [0.15, 0.2) is 16.7 Å². The SMILES string of the molecule is CCn1c(-c2ccc3c(c2)OCCO3)cnc1SCC(=O)NCCN1C(=O)CSC1=O. The highest BCUT2D eigenvalue weighted by Gasteiger charge is 2.29. The van der Waals surface area contributed by atoms with Crippen LogP contribution in [0.3, 0.4) is 0 Å². The number of imide groups is 1. The Hall–Kier alpha value is -2.66. The highest BCUT2D eigenvalue weighted by Crippen LogP contribution is 2.35. The minimum absolute atomic E-state index is 0.175. The smallest absolute Gasteiger partial charge is 0.288 e. The number of thioether (sulfide) groups is 2. The largest absolute Gasteiger partial charge is 0.486 e. The number of aromatic nitrogens is 2. The van der Waals surface area contributed by atoms with E-state index in [1.54, 1.807) is 6.20 Å². The fourth-order valence-corrected chi connectivity index (χ4v) is 4.92. The van der Waals surface area contributed by atoms with E-state index in [0.29, 0.717) is 19.8 Å².